The Kier molecular flexibility index (Phi) is 6.41. The fourth-order valence-corrected chi connectivity index (χ4v) is 3.28. The first-order chi connectivity index (χ1) is 12.5. The largest absolute Gasteiger partial charge is 0.493 e. The first-order valence-electron chi connectivity index (χ1n) is 9.93. The Labute approximate surface area is 157 Å². The van der Waals surface area contributed by atoms with Crippen LogP contribution in [-0.4, -0.2) is 49.7 Å². The van der Waals surface area contributed by atoms with E-state index in [1.807, 2.05) is 12.1 Å². The molecule has 0 bridgehead atoms. The number of carbonyl (C=O) groups excluding carboxylic acids is 1. The van der Waals surface area contributed by atoms with Gasteiger partial charge in [-0.15, -0.1) is 0 Å². The smallest absolute Gasteiger partial charge is 0.251 e. The molecule has 5 nitrogen and oxygen atoms in total. The molecule has 1 aromatic rings. The number of hydrogen-bond acceptors (Lipinski definition) is 4. The maximum Gasteiger partial charge on any atom is 0.251 e. The van der Waals surface area contributed by atoms with Gasteiger partial charge >= 0.3 is 0 Å². The van der Waals surface area contributed by atoms with Crippen LogP contribution >= 0.6 is 0 Å². The average molecular weight is 360 g/mol. The van der Waals surface area contributed by atoms with Gasteiger partial charge in [-0.25, -0.2) is 0 Å². The Morgan fingerprint density at radius 3 is 2.54 bits per heavy atom. The molecule has 1 saturated carbocycles. The van der Waals surface area contributed by atoms with Crippen molar-refractivity contribution in [3.8, 4) is 11.5 Å². The van der Waals surface area contributed by atoms with E-state index in [1.54, 1.807) is 13.2 Å². The van der Waals surface area contributed by atoms with Crippen LogP contribution in [0.1, 0.15) is 56.3 Å². The van der Waals surface area contributed by atoms with Gasteiger partial charge in [-0.1, -0.05) is 13.8 Å². The van der Waals surface area contributed by atoms with E-state index in [0.717, 1.165) is 44.7 Å². The van der Waals surface area contributed by atoms with Gasteiger partial charge in [-0.3, -0.25) is 4.79 Å². The lowest BCUT2D eigenvalue weighted by atomic mass is 10.1. The molecule has 1 aliphatic carbocycles. The van der Waals surface area contributed by atoms with Crippen LogP contribution in [0.25, 0.3) is 0 Å². The zero-order valence-corrected chi connectivity index (χ0v) is 16.3. The van der Waals surface area contributed by atoms with Crippen molar-refractivity contribution in [3.63, 3.8) is 0 Å². The van der Waals surface area contributed by atoms with Crippen molar-refractivity contribution in [1.29, 1.82) is 0 Å². The van der Waals surface area contributed by atoms with Gasteiger partial charge in [0.25, 0.3) is 5.91 Å². The minimum Gasteiger partial charge on any atom is -0.493 e. The number of likely N-dealkylation sites (tertiary alicyclic amines) is 1. The van der Waals surface area contributed by atoms with Crippen LogP contribution in [0.5, 0.6) is 11.5 Å². The molecule has 1 heterocycles. The molecule has 0 atom stereocenters. The second-order valence-corrected chi connectivity index (χ2v) is 7.95. The van der Waals surface area contributed by atoms with Gasteiger partial charge < -0.3 is 19.7 Å². The Morgan fingerprint density at radius 1 is 1.19 bits per heavy atom. The van der Waals surface area contributed by atoms with Crippen LogP contribution in [0.15, 0.2) is 18.2 Å². The highest BCUT2D eigenvalue weighted by Gasteiger charge is 2.25. The Morgan fingerprint density at radius 2 is 1.92 bits per heavy atom. The van der Waals surface area contributed by atoms with Crippen molar-refractivity contribution < 1.29 is 14.3 Å². The number of carbonyl (C=O) groups is 1. The summed E-state index contributed by atoms with van der Waals surface area (Å²) in [6.07, 6.45) is 5.62. The van der Waals surface area contributed by atoms with Crippen molar-refractivity contribution in [2.45, 2.75) is 58.1 Å². The van der Waals surface area contributed by atoms with Crippen LogP contribution < -0.4 is 14.8 Å². The molecule has 5 heteroatoms. The first kappa shape index (κ1) is 19.0. The summed E-state index contributed by atoms with van der Waals surface area (Å²) < 4.78 is 11.7. The van der Waals surface area contributed by atoms with E-state index in [4.69, 9.17) is 9.47 Å². The molecule has 3 rings (SSSR count). The molecule has 0 radical (unpaired) electrons. The molecule has 1 aromatic carbocycles. The van der Waals surface area contributed by atoms with Crippen molar-refractivity contribution in [3.05, 3.63) is 23.8 Å². The van der Waals surface area contributed by atoms with Gasteiger partial charge in [0.1, 0.15) is 6.10 Å². The molecule has 144 valence electrons. The van der Waals surface area contributed by atoms with E-state index in [0.29, 0.717) is 23.1 Å². The molecule has 2 aliphatic rings. The Balaban J connectivity index is 1.57. The van der Waals surface area contributed by atoms with Gasteiger partial charge in [-0.05, 0) is 62.8 Å². The lowest BCUT2D eigenvalue weighted by Crippen LogP contribution is -2.39. The summed E-state index contributed by atoms with van der Waals surface area (Å²) >= 11 is 0. The molecule has 1 aliphatic heterocycles. The summed E-state index contributed by atoms with van der Waals surface area (Å²) in [4.78, 5) is 14.8. The summed E-state index contributed by atoms with van der Waals surface area (Å²) in [7, 11) is 1.64. The first-order valence-corrected chi connectivity index (χ1v) is 9.93. The molecule has 1 N–H and O–H groups in total. The Bertz CT molecular complexity index is 605. The highest BCUT2D eigenvalue weighted by molar-refractivity contribution is 5.95. The molecule has 26 heavy (non-hydrogen) atoms. The predicted octanol–water partition coefficient (Wildman–Crippen LogP) is 3.48. The molecule has 0 unspecified atom stereocenters. The molecule has 1 amide bonds. The lowest BCUT2D eigenvalue weighted by molar-refractivity contribution is 0.0928. The predicted molar refractivity (Wildman–Crippen MR) is 103 cm³/mol. The third-order valence-corrected chi connectivity index (χ3v) is 5.19. The van der Waals surface area contributed by atoms with Gasteiger partial charge in [0.05, 0.1) is 7.11 Å². The molecule has 2 fully saturated rings. The second kappa shape index (κ2) is 8.76. The van der Waals surface area contributed by atoms with E-state index in [-0.39, 0.29) is 12.0 Å². The molecular formula is C21H32N2O3. The zero-order chi connectivity index (χ0) is 18.5. The number of piperidine rings is 1. The van der Waals surface area contributed by atoms with E-state index in [9.17, 15) is 4.79 Å². The number of ether oxygens (including phenoxy) is 2. The molecular weight excluding hydrogens is 328 g/mol. The number of nitrogens with one attached hydrogen (secondary N) is 1. The highest BCUT2D eigenvalue weighted by atomic mass is 16.5. The quantitative estimate of drug-likeness (QED) is 0.771. The van der Waals surface area contributed by atoms with Crippen LogP contribution in [-0.2, 0) is 0 Å². The van der Waals surface area contributed by atoms with Gasteiger partial charge in [0.2, 0.25) is 0 Å². The summed E-state index contributed by atoms with van der Waals surface area (Å²) in [5.41, 5.74) is 0.641. The number of methoxy groups -OCH3 is 1. The van der Waals surface area contributed by atoms with E-state index >= 15 is 0 Å². The number of amides is 1. The van der Waals surface area contributed by atoms with Crippen LogP contribution in [0.3, 0.4) is 0 Å². The SMILES string of the molecule is COc1ccc(C(=O)NC2CC2)cc1OC1CCN(CCC(C)C)CC1. The van der Waals surface area contributed by atoms with Gasteiger partial charge in [0, 0.05) is 24.7 Å². The fourth-order valence-electron chi connectivity index (χ4n) is 3.28. The topological polar surface area (TPSA) is 50.8 Å². The average Bonchev–Trinajstić information content (AvgIpc) is 3.45. The minimum absolute atomic E-state index is 0.0245. The Hall–Kier alpha value is -1.75. The van der Waals surface area contributed by atoms with Gasteiger partial charge in [-0.2, -0.15) is 0 Å². The summed E-state index contributed by atoms with van der Waals surface area (Å²) in [5.74, 6) is 2.09. The minimum atomic E-state index is -0.0245. The summed E-state index contributed by atoms with van der Waals surface area (Å²) in [5, 5.41) is 3.03. The number of hydrogen-bond donors (Lipinski definition) is 1. The van der Waals surface area contributed by atoms with Crippen molar-refractivity contribution in [1.82, 2.24) is 10.2 Å². The van der Waals surface area contributed by atoms with Crippen molar-refractivity contribution >= 4 is 5.91 Å². The standard InChI is InChI=1S/C21H32N2O3/c1-15(2)8-11-23-12-9-18(10-13-23)26-20-14-16(4-7-19(20)25-3)21(24)22-17-5-6-17/h4,7,14-15,17-18H,5-6,8-13H2,1-3H3,(H,22,24). The fraction of sp³-hybridized carbons (Fsp3) is 0.667. The maximum absolute atomic E-state index is 12.3. The van der Waals surface area contributed by atoms with E-state index in [1.165, 1.54) is 13.0 Å². The van der Waals surface area contributed by atoms with E-state index < -0.39 is 0 Å². The van der Waals surface area contributed by atoms with Crippen LogP contribution in [0, 0.1) is 5.92 Å². The third-order valence-electron chi connectivity index (χ3n) is 5.19. The molecule has 0 aromatic heterocycles. The maximum atomic E-state index is 12.3. The lowest BCUT2D eigenvalue weighted by Gasteiger charge is -2.32. The second-order valence-electron chi connectivity index (χ2n) is 7.95. The van der Waals surface area contributed by atoms with Crippen molar-refractivity contribution in [2.24, 2.45) is 5.92 Å². The monoisotopic (exact) mass is 360 g/mol. The number of benzene rings is 1. The van der Waals surface area contributed by atoms with E-state index in [2.05, 4.69) is 24.1 Å². The normalized spacial score (nSPS) is 18.8. The number of nitrogens with zero attached hydrogens (tertiary/aromatic N) is 1. The van der Waals surface area contributed by atoms with Crippen molar-refractivity contribution in [2.75, 3.05) is 26.7 Å². The molecule has 0 spiro atoms. The molecule has 1 saturated heterocycles. The van der Waals surface area contributed by atoms with Crippen LogP contribution in [0.2, 0.25) is 0 Å². The summed E-state index contributed by atoms with van der Waals surface area (Å²) in [6.45, 7) is 7.86. The third kappa shape index (κ3) is 5.37. The summed E-state index contributed by atoms with van der Waals surface area (Å²) in [6, 6.07) is 5.80. The van der Waals surface area contributed by atoms with Crippen LogP contribution in [0.4, 0.5) is 0 Å². The highest BCUT2D eigenvalue weighted by Crippen LogP contribution is 2.31. The number of rotatable bonds is 8. The van der Waals surface area contributed by atoms with Gasteiger partial charge in [0.15, 0.2) is 11.5 Å². The zero-order valence-electron chi connectivity index (χ0n) is 16.3.